The van der Waals surface area contributed by atoms with Crippen molar-refractivity contribution < 1.29 is 4.74 Å². The summed E-state index contributed by atoms with van der Waals surface area (Å²) in [5, 5.41) is 8.49. The number of nitrogens with one attached hydrogen (secondary N) is 2. The van der Waals surface area contributed by atoms with Crippen LogP contribution < -0.4 is 4.74 Å². The summed E-state index contributed by atoms with van der Waals surface area (Å²) in [6, 6.07) is 19.8. The lowest BCUT2D eigenvalue weighted by molar-refractivity contribution is 0.305. The second-order valence-corrected chi connectivity index (χ2v) is 8.75. The van der Waals surface area contributed by atoms with Crippen LogP contribution in [0.15, 0.2) is 97.8 Å². The Labute approximate surface area is 216 Å². The minimum Gasteiger partial charge on any atom is -0.487 e. The van der Waals surface area contributed by atoms with Crippen molar-refractivity contribution in [2.45, 2.75) is 6.61 Å². The van der Waals surface area contributed by atoms with Gasteiger partial charge < -0.3 is 9.72 Å². The molecule has 7 aromatic rings. The van der Waals surface area contributed by atoms with Crippen molar-refractivity contribution in [3.05, 3.63) is 103 Å². The number of H-pyrrole nitrogens is 2. The molecule has 0 atom stereocenters. The number of pyridine rings is 4. The third kappa shape index (κ3) is 4.01. The van der Waals surface area contributed by atoms with Gasteiger partial charge in [0.05, 0.1) is 29.1 Å². The molecule has 0 aliphatic carbocycles. The summed E-state index contributed by atoms with van der Waals surface area (Å²) in [6.07, 6.45) is 10.5. The van der Waals surface area contributed by atoms with E-state index in [0.717, 1.165) is 44.4 Å². The molecule has 6 aromatic heterocycles. The predicted octanol–water partition coefficient (Wildman–Crippen LogP) is 5.60. The molecule has 0 fully saturated rings. The average molecular weight is 497 g/mol. The minimum absolute atomic E-state index is 0.464. The van der Waals surface area contributed by atoms with Crippen LogP contribution in [0.4, 0.5) is 0 Å². The molecule has 1 aromatic carbocycles. The minimum atomic E-state index is 0.464. The lowest BCUT2D eigenvalue weighted by atomic mass is 10.1. The molecule has 0 saturated heterocycles. The smallest absolute Gasteiger partial charge is 0.178 e. The first-order valence-corrected chi connectivity index (χ1v) is 12.0. The van der Waals surface area contributed by atoms with Crippen LogP contribution in [0.2, 0.25) is 0 Å². The number of rotatable bonds is 6. The SMILES string of the molecule is c1ccc(COc2cncc(-c3cc4c(-c5nc6nccc(-c7ccncc7)c6[nH]5)n[nH]c4cn3)c2)cc1. The van der Waals surface area contributed by atoms with Gasteiger partial charge in [-0.05, 0) is 41.5 Å². The number of hydrogen-bond donors (Lipinski definition) is 2. The maximum atomic E-state index is 5.97. The number of hydrogen-bond acceptors (Lipinski definition) is 7. The van der Waals surface area contributed by atoms with Gasteiger partial charge in [-0.25, -0.2) is 9.97 Å². The fraction of sp³-hybridized carbons (Fsp3) is 0.0345. The number of nitrogens with zero attached hydrogens (tertiary/aromatic N) is 6. The normalized spacial score (nSPS) is 11.3. The lowest BCUT2D eigenvalue weighted by Crippen LogP contribution is -1.96. The van der Waals surface area contributed by atoms with Gasteiger partial charge in [0, 0.05) is 41.3 Å². The quantitative estimate of drug-likeness (QED) is 0.308. The van der Waals surface area contributed by atoms with Crippen LogP contribution >= 0.6 is 0 Å². The highest BCUT2D eigenvalue weighted by Gasteiger charge is 2.17. The monoisotopic (exact) mass is 496 g/mol. The zero-order chi connectivity index (χ0) is 25.3. The van der Waals surface area contributed by atoms with E-state index in [2.05, 4.69) is 35.1 Å². The summed E-state index contributed by atoms with van der Waals surface area (Å²) < 4.78 is 5.97. The standard InChI is InChI=1S/C29H20N8O/c1-2-4-18(5-3-1)17-38-21-12-20(14-31-15-21)24-13-23-25(16-33-24)36-37-27(23)29-34-26-22(8-11-32-28(26)35-29)19-6-9-30-10-7-19/h1-16H,17H2,(H,36,37)(H,32,34,35). The zero-order valence-corrected chi connectivity index (χ0v) is 20.0. The van der Waals surface area contributed by atoms with Crippen LogP contribution in [-0.4, -0.2) is 40.1 Å². The number of fused-ring (bicyclic) bond motifs is 2. The third-order valence-electron chi connectivity index (χ3n) is 6.31. The number of benzene rings is 1. The van der Waals surface area contributed by atoms with Gasteiger partial charge >= 0.3 is 0 Å². The summed E-state index contributed by atoms with van der Waals surface area (Å²) in [4.78, 5) is 25.7. The Bertz CT molecular complexity index is 1880. The van der Waals surface area contributed by atoms with Gasteiger partial charge in [0.15, 0.2) is 11.5 Å². The molecule has 0 spiro atoms. The molecular weight excluding hydrogens is 476 g/mol. The molecule has 0 saturated carbocycles. The summed E-state index contributed by atoms with van der Waals surface area (Å²) >= 11 is 0. The summed E-state index contributed by atoms with van der Waals surface area (Å²) in [5.74, 6) is 1.29. The second kappa shape index (κ2) is 9.21. The van der Waals surface area contributed by atoms with Crippen molar-refractivity contribution in [2.75, 3.05) is 0 Å². The molecule has 9 nitrogen and oxygen atoms in total. The fourth-order valence-corrected chi connectivity index (χ4v) is 4.43. The van der Waals surface area contributed by atoms with Crippen molar-refractivity contribution in [2.24, 2.45) is 0 Å². The Morgan fingerprint density at radius 3 is 2.58 bits per heavy atom. The zero-order valence-electron chi connectivity index (χ0n) is 20.0. The van der Waals surface area contributed by atoms with Gasteiger partial charge in [-0.1, -0.05) is 30.3 Å². The van der Waals surface area contributed by atoms with E-state index >= 15 is 0 Å². The van der Waals surface area contributed by atoms with Gasteiger partial charge in [-0.3, -0.25) is 20.1 Å². The molecule has 0 radical (unpaired) electrons. The Morgan fingerprint density at radius 2 is 1.68 bits per heavy atom. The molecular formula is C29H20N8O. The van der Waals surface area contributed by atoms with E-state index in [9.17, 15) is 0 Å². The molecule has 0 aliphatic heterocycles. The molecule has 0 amide bonds. The molecule has 0 aliphatic rings. The van der Waals surface area contributed by atoms with Crippen molar-refractivity contribution in [3.63, 3.8) is 0 Å². The molecule has 0 unspecified atom stereocenters. The molecule has 182 valence electrons. The first-order valence-electron chi connectivity index (χ1n) is 12.0. The predicted molar refractivity (Wildman–Crippen MR) is 144 cm³/mol. The second-order valence-electron chi connectivity index (χ2n) is 8.75. The molecule has 9 heteroatoms. The van der Waals surface area contributed by atoms with E-state index in [4.69, 9.17) is 9.72 Å². The Hall–Kier alpha value is -5.44. The van der Waals surface area contributed by atoms with Gasteiger partial charge in [0.1, 0.15) is 18.1 Å². The highest BCUT2D eigenvalue weighted by Crippen LogP contribution is 2.32. The average Bonchev–Trinajstić information content (AvgIpc) is 3.61. The summed E-state index contributed by atoms with van der Waals surface area (Å²) in [5.41, 5.74) is 7.66. The Morgan fingerprint density at radius 1 is 0.789 bits per heavy atom. The number of aromatic amines is 2. The van der Waals surface area contributed by atoms with Crippen LogP contribution in [-0.2, 0) is 6.61 Å². The summed E-state index contributed by atoms with van der Waals surface area (Å²) in [6.45, 7) is 0.464. The number of aromatic nitrogens is 8. The van der Waals surface area contributed by atoms with E-state index in [1.165, 1.54) is 0 Å². The Balaban J connectivity index is 1.24. The number of ether oxygens (including phenoxy) is 1. The largest absolute Gasteiger partial charge is 0.487 e. The molecule has 38 heavy (non-hydrogen) atoms. The van der Waals surface area contributed by atoms with E-state index in [1.807, 2.05) is 60.7 Å². The van der Waals surface area contributed by atoms with Crippen LogP contribution in [0, 0.1) is 0 Å². The summed E-state index contributed by atoms with van der Waals surface area (Å²) in [7, 11) is 0. The molecule has 0 bridgehead atoms. The van der Waals surface area contributed by atoms with Crippen LogP contribution in [0.25, 0.3) is 56.0 Å². The van der Waals surface area contributed by atoms with E-state index in [0.29, 0.717) is 29.5 Å². The molecule has 6 heterocycles. The van der Waals surface area contributed by atoms with E-state index < -0.39 is 0 Å². The first-order chi connectivity index (χ1) is 18.8. The van der Waals surface area contributed by atoms with Crippen molar-refractivity contribution in [3.8, 4) is 39.7 Å². The van der Waals surface area contributed by atoms with Crippen molar-refractivity contribution >= 4 is 22.1 Å². The highest BCUT2D eigenvalue weighted by molar-refractivity contribution is 5.96. The van der Waals surface area contributed by atoms with Gasteiger partial charge in [0.2, 0.25) is 0 Å². The van der Waals surface area contributed by atoms with Gasteiger partial charge in [0.25, 0.3) is 0 Å². The van der Waals surface area contributed by atoms with Crippen molar-refractivity contribution in [1.29, 1.82) is 0 Å². The first kappa shape index (κ1) is 21.8. The maximum absolute atomic E-state index is 5.97. The Kier molecular flexibility index (Phi) is 5.29. The lowest BCUT2D eigenvalue weighted by Gasteiger charge is -2.08. The topological polar surface area (TPSA) is 118 Å². The van der Waals surface area contributed by atoms with Crippen LogP contribution in [0.1, 0.15) is 5.56 Å². The van der Waals surface area contributed by atoms with Crippen LogP contribution in [0.5, 0.6) is 5.75 Å². The maximum Gasteiger partial charge on any atom is 0.178 e. The number of imidazole rings is 1. The molecule has 2 N–H and O–H groups in total. The van der Waals surface area contributed by atoms with Crippen LogP contribution in [0.3, 0.4) is 0 Å². The fourth-order valence-electron chi connectivity index (χ4n) is 4.43. The van der Waals surface area contributed by atoms with Crippen molar-refractivity contribution in [1.82, 2.24) is 40.1 Å². The van der Waals surface area contributed by atoms with Gasteiger partial charge in [-0.2, -0.15) is 5.10 Å². The van der Waals surface area contributed by atoms with E-state index in [1.54, 1.807) is 37.2 Å². The third-order valence-corrected chi connectivity index (χ3v) is 6.31. The van der Waals surface area contributed by atoms with Gasteiger partial charge in [-0.15, -0.1) is 0 Å². The highest BCUT2D eigenvalue weighted by atomic mass is 16.5. The van der Waals surface area contributed by atoms with E-state index in [-0.39, 0.29) is 0 Å². The molecule has 7 rings (SSSR count).